The first-order chi connectivity index (χ1) is 5.97. The van der Waals surface area contributed by atoms with E-state index in [2.05, 4.69) is 4.98 Å². The summed E-state index contributed by atoms with van der Waals surface area (Å²) in [7, 11) is -2.37. The minimum Gasteiger partial charge on any atom is -0.261 e. The molecule has 1 unspecified atom stereocenters. The summed E-state index contributed by atoms with van der Waals surface area (Å²) in [6.45, 7) is 1.98. The van der Waals surface area contributed by atoms with Gasteiger partial charge in [-0.15, -0.1) is 0 Å². The fraction of sp³-hybridized carbons (Fsp3) is 0.444. The summed E-state index contributed by atoms with van der Waals surface area (Å²) in [4.78, 5) is 4.17. The van der Waals surface area contributed by atoms with Crippen LogP contribution in [0.3, 0.4) is 0 Å². The lowest BCUT2D eigenvalue weighted by Gasteiger charge is -2.00. The summed E-state index contributed by atoms with van der Waals surface area (Å²) in [6.07, 6.45) is 3.87. The number of hydrogen-bond donors (Lipinski definition) is 1. The van der Waals surface area contributed by atoms with Crippen molar-refractivity contribution in [2.45, 2.75) is 13.3 Å². The third-order valence-corrected chi connectivity index (χ3v) is 2.70. The molecule has 0 radical (unpaired) electrons. The second-order valence-electron chi connectivity index (χ2n) is 3.29. The Balaban J connectivity index is 2.61. The van der Waals surface area contributed by atoms with Crippen molar-refractivity contribution in [3.63, 3.8) is 0 Å². The highest BCUT2D eigenvalue weighted by atomic mass is 32.2. The van der Waals surface area contributed by atoms with Gasteiger partial charge < -0.3 is 0 Å². The summed E-state index contributed by atoms with van der Waals surface area (Å²) in [5.74, 6) is 0.392. The first-order valence-corrected chi connectivity index (χ1v) is 6.24. The van der Waals surface area contributed by atoms with Crippen molar-refractivity contribution in [1.29, 1.82) is 4.78 Å². The second kappa shape index (κ2) is 3.87. The molecule has 0 aromatic carbocycles. The molecule has 0 aliphatic carbocycles. The molecule has 4 heteroatoms. The summed E-state index contributed by atoms with van der Waals surface area (Å²) in [5.41, 5.74) is 2.03. The van der Waals surface area contributed by atoms with E-state index >= 15 is 0 Å². The number of rotatable bonds is 3. The van der Waals surface area contributed by atoms with Gasteiger partial charge in [0, 0.05) is 40.0 Å². The third-order valence-electron chi connectivity index (χ3n) is 1.72. The van der Waals surface area contributed by atoms with E-state index in [-0.39, 0.29) is 0 Å². The number of nitrogens with one attached hydrogen (secondary N) is 1. The third kappa shape index (κ3) is 4.03. The van der Waals surface area contributed by atoms with Crippen LogP contribution in [0.4, 0.5) is 0 Å². The van der Waals surface area contributed by atoms with Crippen molar-refractivity contribution in [3.8, 4) is 0 Å². The van der Waals surface area contributed by atoms with Crippen molar-refractivity contribution in [1.82, 2.24) is 4.98 Å². The second-order valence-corrected chi connectivity index (χ2v) is 5.70. The molecular weight excluding hydrogens is 184 g/mol. The van der Waals surface area contributed by atoms with Gasteiger partial charge >= 0.3 is 0 Å². The molecule has 1 aromatic heterocycles. The zero-order valence-electron chi connectivity index (χ0n) is 7.91. The molecule has 0 fully saturated rings. The number of aryl methyl sites for hydroxylation is 2. The fourth-order valence-electron chi connectivity index (χ4n) is 0.946. The van der Waals surface area contributed by atoms with Gasteiger partial charge in [-0.2, -0.15) is 0 Å². The van der Waals surface area contributed by atoms with Crippen molar-refractivity contribution in [2.24, 2.45) is 0 Å². The fourth-order valence-corrected chi connectivity index (χ4v) is 1.54. The molecule has 3 nitrogen and oxygen atoms in total. The average molecular weight is 198 g/mol. The van der Waals surface area contributed by atoms with E-state index in [0.717, 1.165) is 11.3 Å². The van der Waals surface area contributed by atoms with Crippen molar-refractivity contribution >= 4 is 9.73 Å². The molecule has 0 spiro atoms. The maximum Gasteiger partial charge on any atom is 0.0416 e. The van der Waals surface area contributed by atoms with Crippen LogP contribution in [-0.4, -0.2) is 21.2 Å². The zero-order valence-corrected chi connectivity index (χ0v) is 8.73. The summed E-state index contributed by atoms with van der Waals surface area (Å²) in [5, 5.41) is 0. The number of hydrogen-bond acceptors (Lipinski definition) is 3. The molecular formula is C9H14N2OS. The predicted octanol–water partition coefficient (Wildman–Crippen LogP) is 1.61. The maximum atomic E-state index is 11.1. The zero-order chi connectivity index (χ0) is 9.90. The van der Waals surface area contributed by atoms with Crippen LogP contribution in [0.1, 0.15) is 11.3 Å². The molecule has 1 heterocycles. The molecule has 0 aliphatic rings. The van der Waals surface area contributed by atoms with Crippen LogP contribution in [-0.2, 0) is 16.1 Å². The molecule has 0 aliphatic heterocycles. The highest BCUT2D eigenvalue weighted by molar-refractivity contribution is 7.91. The molecule has 1 N–H and O–H groups in total. The molecule has 0 saturated heterocycles. The normalized spacial score (nSPS) is 15.2. The molecule has 1 rings (SSSR count). The van der Waals surface area contributed by atoms with Crippen LogP contribution in [0, 0.1) is 11.7 Å². The minimum atomic E-state index is -2.37. The Bertz CT molecular complexity index is 367. The van der Waals surface area contributed by atoms with Gasteiger partial charge in [-0.1, -0.05) is 6.07 Å². The van der Waals surface area contributed by atoms with Gasteiger partial charge in [-0.3, -0.25) is 14.0 Å². The largest absolute Gasteiger partial charge is 0.261 e. The Morgan fingerprint density at radius 3 is 2.69 bits per heavy atom. The first kappa shape index (κ1) is 10.2. The van der Waals surface area contributed by atoms with E-state index in [0.29, 0.717) is 12.2 Å². The van der Waals surface area contributed by atoms with Gasteiger partial charge in [0.1, 0.15) is 0 Å². The minimum absolute atomic E-state index is 0.392. The van der Waals surface area contributed by atoms with Crippen LogP contribution in [0.5, 0.6) is 0 Å². The Morgan fingerprint density at radius 1 is 1.54 bits per heavy atom. The van der Waals surface area contributed by atoms with Crippen LogP contribution in [0.2, 0.25) is 0 Å². The molecule has 0 amide bonds. The van der Waals surface area contributed by atoms with Crippen molar-refractivity contribution < 1.29 is 4.21 Å². The van der Waals surface area contributed by atoms with Crippen LogP contribution in [0.25, 0.3) is 0 Å². The average Bonchev–Trinajstić information content (AvgIpc) is 2.02. The summed E-state index contributed by atoms with van der Waals surface area (Å²) >= 11 is 0. The Morgan fingerprint density at radius 2 is 2.23 bits per heavy atom. The van der Waals surface area contributed by atoms with Crippen LogP contribution < -0.4 is 0 Å². The quantitative estimate of drug-likeness (QED) is 0.802. The van der Waals surface area contributed by atoms with Gasteiger partial charge in [0.05, 0.1) is 0 Å². The maximum absolute atomic E-state index is 11.1. The predicted molar refractivity (Wildman–Crippen MR) is 54.3 cm³/mol. The summed E-state index contributed by atoms with van der Waals surface area (Å²) < 4.78 is 18.3. The lowest BCUT2D eigenvalue weighted by molar-refractivity contribution is 0.677. The van der Waals surface area contributed by atoms with Crippen LogP contribution in [0.15, 0.2) is 18.3 Å². The van der Waals surface area contributed by atoms with Crippen molar-refractivity contribution in [3.05, 3.63) is 29.6 Å². The first-order valence-electron chi connectivity index (χ1n) is 4.10. The lowest BCUT2D eigenvalue weighted by atomic mass is 10.2. The molecule has 1 aromatic rings. The highest BCUT2D eigenvalue weighted by Gasteiger charge is 1.99. The molecule has 0 saturated carbocycles. The number of pyridine rings is 1. The molecule has 72 valence electrons. The Kier molecular flexibility index (Phi) is 3.03. The van der Waals surface area contributed by atoms with E-state index in [9.17, 15) is 4.21 Å². The smallest absolute Gasteiger partial charge is 0.0416 e. The van der Waals surface area contributed by atoms with E-state index in [1.165, 1.54) is 6.26 Å². The summed E-state index contributed by atoms with van der Waals surface area (Å²) in [6, 6.07) is 3.89. The monoisotopic (exact) mass is 198 g/mol. The SMILES string of the molecule is Cc1ccc(CCS(C)(=N)=O)nc1. The molecule has 1 atom stereocenters. The van der Waals surface area contributed by atoms with Gasteiger partial charge in [-0.05, 0) is 18.6 Å². The number of aromatic nitrogens is 1. The van der Waals surface area contributed by atoms with Gasteiger partial charge in [-0.25, -0.2) is 0 Å². The number of nitrogens with zero attached hydrogens (tertiary/aromatic N) is 1. The van der Waals surface area contributed by atoms with E-state index in [1.807, 2.05) is 19.1 Å². The topological polar surface area (TPSA) is 53.8 Å². The van der Waals surface area contributed by atoms with E-state index in [4.69, 9.17) is 4.78 Å². The van der Waals surface area contributed by atoms with Gasteiger partial charge in [0.25, 0.3) is 0 Å². The molecule has 0 bridgehead atoms. The van der Waals surface area contributed by atoms with E-state index < -0.39 is 9.73 Å². The van der Waals surface area contributed by atoms with Crippen molar-refractivity contribution in [2.75, 3.05) is 12.0 Å². The molecule has 13 heavy (non-hydrogen) atoms. The van der Waals surface area contributed by atoms with Gasteiger partial charge in [0.2, 0.25) is 0 Å². The van der Waals surface area contributed by atoms with Crippen LogP contribution >= 0.6 is 0 Å². The van der Waals surface area contributed by atoms with E-state index in [1.54, 1.807) is 6.20 Å². The Labute approximate surface area is 79.2 Å². The lowest BCUT2D eigenvalue weighted by Crippen LogP contribution is -2.05. The highest BCUT2D eigenvalue weighted by Crippen LogP contribution is 2.00. The van der Waals surface area contributed by atoms with Gasteiger partial charge in [0.15, 0.2) is 0 Å². The standard InChI is InChI=1S/C9H14N2OS/c1-8-3-4-9(11-7-8)5-6-13(2,10)12/h3-4,7,10H,5-6H2,1-2H3. The Hall–Kier alpha value is -0.900.